The highest BCUT2D eigenvalue weighted by atomic mass is 16.5. The molecule has 0 spiro atoms. The van der Waals surface area contributed by atoms with Crippen molar-refractivity contribution in [1.82, 2.24) is 5.32 Å². The monoisotopic (exact) mass is 289 g/mol. The highest BCUT2D eigenvalue weighted by Gasteiger charge is 2.33. The molecule has 0 bridgehead atoms. The molecule has 0 saturated heterocycles. The van der Waals surface area contributed by atoms with E-state index in [9.17, 15) is 9.90 Å². The van der Waals surface area contributed by atoms with E-state index in [4.69, 9.17) is 4.74 Å². The molecule has 0 radical (unpaired) electrons. The van der Waals surface area contributed by atoms with Crippen LogP contribution in [0.5, 0.6) is 5.75 Å². The first kappa shape index (κ1) is 15.6. The first-order chi connectivity index (χ1) is 10.2. The van der Waals surface area contributed by atoms with Crippen LogP contribution >= 0.6 is 0 Å². The maximum Gasteiger partial charge on any atom is 0.244 e. The van der Waals surface area contributed by atoms with Crippen LogP contribution < -0.4 is 10.1 Å². The number of aliphatic hydroxyl groups is 1. The lowest BCUT2D eigenvalue weighted by Gasteiger charge is -2.26. The van der Waals surface area contributed by atoms with Crippen molar-refractivity contribution in [2.75, 3.05) is 20.3 Å². The molecule has 0 atom stereocenters. The molecule has 0 unspecified atom stereocenters. The molecule has 2 rings (SSSR count). The SMILES string of the molecule is COc1ccccc1/C=C/C(=O)NCC1(CO)CCCC1. The number of rotatable bonds is 6. The van der Waals surface area contributed by atoms with Gasteiger partial charge in [0, 0.05) is 23.6 Å². The van der Waals surface area contributed by atoms with E-state index in [0.717, 1.165) is 37.0 Å². The normalized spacial score (nSPS) is 17.0. The Morgan fingerprint density at radius 1 is 1.38 bits per heavy atom. The van der Waals surface area contributed by atoms with Gasteiger partial charge in [0.15, 0.2) is 0 Å². The number of methoxy groups -OCH3 is 1. The molecule has 1 saturated carbocycles. The molecular formula is C17H23NO3. The van der Waals surface area contributed by atoms with Gasteiger partial charge in [-0.15, -0.1) is 0 Å². The zero-order valence-electron chi connectivity index (χ0n) is 12.5. The predicted molar refractivity (Wildman–Crippen MR) is 83.0 cm³/mol. The summed E-state index contributed by atoms with van der Waals surface area (Å²) in [5, 5.41) is 12.4. The first-order valence-electron chi connectivity index (χ1n) is 7.39. The topological polar surface area (TPSA) is 58.6 Å². The van der Waals surface area contributed by atoms with Crippen molar-refractivity contribution in [2.24, 2.45) is 5.41 Å². The first-order valence-corrected chi connectivity index (χ1v) is 7.39. The molecule has 0 heterocycles. The zero-order chi connectivity index (χ0) is 15.1. The maximum atomic E-state index is 11.9. The number of nitrogens with one attached hydrogen (secondary N) is 1. The third kappa shape index (κ3) is 4.08. The summed E-state index contributed by atoms with van der Waals surface area (Å²) in [4.78, 5) is 11.9. The minimum Gasteiger partial charge on any atom is -0.496 e. The van der Waals surface area contributed by atoms with Crippen molar-refractivity contribution in [3.05, 3.63) is 35.9 Å². The molecule has 4 heteroatoms. The van der Waals surface area contributed by atoms with E-state index >= 15 is 0 Å². The third-order valence-corrected chi connectivity index (χ3v) is 4.19. The fourth-order valence-electron chi connectivity index (χ4n) is 2.82. The summed E-state index contributed by atoms with van der Waals surface area (Å²) in [5.41, 5.74) is 0.751. The number of para-hydroxylation sites is 1. The number of carbonyl (C=O) groups excluding carboxylic acids is 1. The van der Waals surface area contributed by atoms with Gasteiger partial charge < -0.3 is 15.2 Å². The van der Waals surface area contributed by atoms with Gasteiger partial charge in [-0.3, -0.25) is 4.79 Å². The molecule has 0 aromatic heterocycles. The van der Waals surface area contributed by atoms with Crippen molar-refractivity contribution < 1.29 is 14.6 Å². The lowest BCUT2D eigenvalue weighted by molar-refractivity contribution is -0.117. The highest BCUT2D eigenvalue weighted by Crippen LogP contribution is 2.36. The molecule has 1 fully saturated rings. The van der Waals surface area contributed by atoms with Crippen LogP contribution in [-0.4, -0.2) is 31.3 Å². The van der Waals surface area contributed by atoms with E-state index in [1.807, 2.05) is 24.3 Å². The van der Waals surface area contributed by atoms with Crippen molar-refractivity contribution in [2.45, 2.75) is 25.7 Å². The summed E-state index contributed by atoms with van der Waals surface area (Å²) in [6.45, 7) is 0.683. The minimum absolute atomic E-state index is 0.117. The Bertz CT molecular complexity index is 505. The van der Waals surface area contributed by atoms with E-state index in [1.165, 1.54) is 6.08 Å². The van der Waals surface area contributed by atoms with E-state index in [2.05, 4.69) is 5.32 Å². The van der Waals surface area contributed by atoms with Crippen LogP contribution in [0.3, 0.4) is 0 Å². The number of amides is 1. The standard InChI is InChI=1S/C17H23NO3/c1-21-15-7-3-2-6-14(15)8-9-16(20)18-12-17(13-19)10-4-5-11-17/h2-3,6-9,19H,4-5,10-13H2,1H3,(H,18,20)/b9-8+. The Balaban J connectivity index is 1.91. The second kappa shape index (κ2) is 7.27. The van der Waals surface area contributed by atoms with Crippen LogP contribution in [0.1, 0.15) is 31.2 Å². The second-order valence-electron chi connectivity index (χ2n) is 5.66. The Hall–Kier alpha value is -1.81. The molecule has 21 heavy (non-hydrogen) atoms. The van der Waals surface area contributed by atoms with Gasteiger partial charge in [0.25, 0.3) is 0 Å². The van der Waals surface area contributed by atoms with Crippen molar-refractivity contribution in [3.8, 4) is 5.75 Å². The molecular weight excluding hydrogens is 266 g/mol. The number of benzene rings is 1. The van der Waals surface area contributed by atoms with E-state index in [1.54, 1.807) is 13.2 Å². The number of carbonyl (C=O) groups is 1. The van der Waals surface area contributed by atoms with E-state index in [0.29, 0.717) is 6.54 Å². The van der Waals surface area contributed by atoms with Gasteiger partial charge in [0.05, 0.1) is 13.7 Å². The number of hydrogen-bond acceptors (Lipinski definition) is 3. The van der Waals surface area contributed by atoms with Crippen LogP contribution in [-0.2, 0) is 4.79 Å². The van der Waals surface area contributed by atoms with E-state index < -0.39 is 0 Å². The molecule has 1 aromatic rings. The minimum atomic E-state index is -0.138. The summed E-state index contributed by atoms with van der Waals surface area (Å²) in [6.07, 6.45) is 7.49. The maximum absolute atomic E-state index is 11.9. The van der Waals surface area contributed by atoms with Crippen LogP contribution in [0.25, 0.3) is 6.08 Å². The fourth-order valence-corrected chi connectivity index (χ4v) is 2.82. The van der Waals surface area contributed by atoms with Crippen LogP contribution in [0, 0.1) is 5.41 Å². The van der Waals surface area contributed by atoms with Gasteiger partial charge in [0.1, 0.15) is 5.75 Å². The number of aliphatic hydroxyl groups excluding tert-OH is 1. The number of ether oxygens (including phenoxy) is 1. The van der Waals surface area contributed by atoms with Gasteiger partial charge in [-0.25, -0.2) is 0 Å². The smallest absolute Gasteiger partial charge is 0.244 e. The van der Waals surface area contributed by atoms with Gasteiger partial charge in [-0.2, -0.15) is 0 Å². The Morgan fingerprint density at radius 3 is 2.76 bits per heavy atom. The number of hydrogen-bond donors (Lipinski definition) is 2. The van der Waals surface area contributed by atoms with Crippen LogP contribution in [0.15, 0.2) is 30.3 Å². The second-order valence-corrected chi connectivity index (χ2v) is 5.66. The predicted octanol–water partition coefficient (Wildman–Crippen LogP) is 2.38. The average molecular weight is 289 g/mol. The lowest BCUT2D eigenvalue weighted by atomic mass is 9.87. The summed E-state index contributed by atoms with van der Waals surface area (Å²) in [7, 11) is 1.61. The lowest BCUT2D eigenvalue weighted by Crippen LogP contribution is -2.37. The quantitative estimate of drug-likeness (QED) is 0.791. The molecule has 1 amide bonds. The summed E-state index contributed by atoms with van der Waals surface area (Å²) < 4.78 is 5.24. The molecule has 1 aromatic carbocycles. The Labute approximate surface area is 125 Å². The summed E-state index contributed by atoms with van der Waals surface area (Å²) in [6, 6.07) is 7.55. The molecule has 1 aliphatic rings. The molecule has 0 aliphatic heterocycles. The van der Waals surface area contributed by atoms with Crippen molar-refractivity contribution in [3.63, 3.8) is 0 Å². The Kier molecular flexibility index (Phi) is 5.39. The average Bonchev–Trinajstić information content (AvgIpc) is 3.00. The fraction of sp³-hybridized carbons (Fsp3) is 0.471. The van der Waals surface area contributed by atoms with Gasteiger partial charge in [-0.05, 0) is 25.0 Å². The van der Waals surface area contributed by atoms with Crippen molar-refractivity contribution >= 4 is 12.0 Å². The van der Waals surface area contributed by atoms with Crippen LogP contribution in [0.4, 0.5) is 0 Å². The van der Waals surface area contributed by atoms with Gasteiger partial charge in [-0.1, -0.05) is 31.0 Å². The van der Waals surface area contributed by atoms with Gasteiger partial charge >= 0.3 is 0 Å². The summed E-state index contributed by atoms with van der Waals surface area (Å²) >= 11 is 0. The van der Waals surface area contributed by atoms with Gasteiger partial charge in [0.2, 0.25) is 5.91 Å². The molecule has 114 valence electrons. The summed E-state index contributed by atoms with van der Waals surface area (Å²) in [5.74, 6) is 0.602. The van der Waals surface area contributed by atoms with Crippen molar-refractivity contribution in [1.29, 1.82) is 0 Å². The zero-order valence-corrected chi connectivity index (χ0v) is 12.5. The molecule has 1 aliphatic carbocycles. The molecule has 2 N–H and O–H groups in total. The third-order valence-electron chi connectivity index (χ3n) is 4.19. The largest absolute Gasteiger partial charge is 0.496 e. The van der Waals surface area contributed by atoms with E-state index in [-0.39, 0.29) is 17.9 Å². The highest BCUT2D eigenvalue weighted by molar-refractivity contribution is 5.92. The Morgan fingerprint density at radius 2 is 2.10 bits per heavy atom. The van der Waals surface area contributed by atoms with Crippen LogP contribution in [0.2, 0.25) is 0 Å². The molecule has 4 nitrogen and oxygen atoms in total.